The number of hydrogen-bond donors (Lipinski definition) is 0. The summed E-state index contributed by atoms with van der Waals surface area (Å²) in [6.07, 6.45) is 2.94. The zero-order valence-electron chi connectivity index (χ0n) is 10.6. The second kappa shape index (κ2) is 4.81. The molecular formula is C12H15N3O2S2. The standard InChI is InChI=1S/C12H15N3O2S2/c1-9-5-2-3-8-15(9)19(16,17)11-7-4-6-10-12(11)14-18-13-10/h4,6-7,9H,2-3,5,8H2,1H3. The van der Waals surface area contributed by atoms with Crippen molar-refractivity contribution in [2.45, 2.75) is 37.1 Å². The van der Waals surface area contributed by atoms with E-state index in [0.29, 0.717) is 17.6 Å². The minimum atomic E-state index is -3.47. The van der Waals surface area contributed by atoms with Crippen molar-refractivity contribution < 1.29 is 8.42 Å². The van der Waals surface area contributed by atoms with Gasteiger partial charge in [-0.15, -0.1) is 0 Å². The van der Waals surface area contributed by atoms with Gasteiger partial charge >= 0.3 is 0 Å². The topological polar surface area (TPSA) is 63.2 Å². The molecular weight excluding hydrogens is 282 g/mol. The molecule has 3 rings (SSSR count). The van der Waals surface area contributed by atoms with E-state index in [0.717, 1.165) is 31.0 Å². The molecule has 0 radical (unpaired) electrons. The third-order valence-corrected chi connectivity index (χ3v) is 6.17. The van der Waals surface area contributed by atoms with E-state index in [4.69, 9.17) is 0 Å². The molecule has 7 heteroatoms. The van der Waals surface area contributed by atoms with E-state index in [-0.39, 0.29) is 10.9 Å². The van der Waals surface area contributed by atoms with Crippen molar-refractivity contribution in [3.05, 3.63) is 18.2 Å². The predicted molar refractivity (Wildman–Crippen MR) is 74.6 cm³/mol. The number of piperidine rings is 1. The van der Waals surface area contributed by atoms with Gasteiger partial charge in [0.1, 0.15) is 15.9 Å². The van der Waals surface area contributed by atoms with Crippen LogP contribution in [0.4, 0.5) is 0 Å². The Labute approximate surface area is 116 Å². The van der Waals surface area contributed by atoms with E-state index in [1.807, 2.05) is 6.92 Å². The first kappa shape index (κ1) is 13.0. The van der Waals surface area contributed by atoms with Crippen LogP contribution in [0, 0.1) is 0 Å². The van der Waals surface area contributed by atoms with Crippen LogP contribution in [0.25, 0.3) is 11.0 Å². The summed E-state index contributed by atoms with van der Waals surface area (Å²) in [6, 6.07) is 5.20. The molecule has 1 fully saturated rings. The summed E-state index contributed by atoms with van der Waals surface area (Å²) < 4.78 is 35.4. The summed E-state index contributed by atoms with van der Waals surface area (Å²) in [5, 5.41) is 0. The van der Waals surface area contributed by atoms with Crippen LogP contribution in [-0.4, -0.2) is 34.1 Å². The Morgan fingerprint density at radius 2 is 2.16 bits per heavy atom. The average Bonchev–Trinajstić information content (AvgIpc) is 2.86. The van der Waals surface area contributed by atoms with Gasteiger partial charge in [0.25, 0.3) is 0 Å². The Bertz CT molecular complexity index is 696. The van der Waals surface area contributed by atoms with Gasteiger partial charge in [-0.05, 0) is 31.9 Å². The van der Waals surface area contributed by atoms with Gasteiger partial charge in [0.05, 0.1) is 11.7 Å². The van der Waals surface area contributed by atoms with E-state index < -0.39 is 10.0 Å². The van der Waals surface area contributed by atoms with Gasteiger partial charge in [-0.3, -0.25) is 0 Å². The van der Waals surface area contributed by atoms with E-state index in [9.17, 15) is 8.42 Å². The quantitative estimate of drug-likeness (QED) is 0.853. The summed E-state index contributed by atoms with van der Waals surface area (Å²) in [5.74, 6) is 0. The molecule has 2 heterocycles. The van der Waals surface area contributed by atoms with E-state index in [1.54, 1.807) is 22.5 Å². The molecule has 0 amide bonds. The van der Waals surface area contributed by atoms with Crippen molar-refractivity contribution in [3.63, 3.8) is 0 Å². The number of benzene rings is 1. The molecule has 19 heavy (non-hydrogen) atoms. The van der Waals surface area contributed by atoms with Crippen molar-refractivity contribution in [3.8, 4) is 0 Å². The molecule has 1 unspecified atom stereocenters. The predicted octanol–water partition coefficient (Wildman–Crippen LogP) is 2.25. The minimum Gasteiger partial charge on any atom is -0.207 e. The molecule has 0 bridgehead atoms. The summed E-state index contributed by atoms with van der Waals surface area (Å²) >= 11 is 1.05. The second-order valence-electron chi connectivity index (χ2n) is 4.85. The molecule has 0 saturated carbocycles. The van der Waals surface area contributed by atoms with Crippen molar-refractivity contribution >= 4 is 32.8 Å². The van der Waals surface area contributed by atoms with Crippen molar-refractivity contribution in [2.75, 3.05) is 6.54 Å². The van der Waals surface area contributed by atoms with Gasteiger partial charge in [0, 0.05) is 12.6 Å². The monoisotopic (exact) mass is 297 g/mol. The molecule has 1 aromatic heterocycles. The molecule has 102 valence electrons. The summed E-state index contributed by atoms with van der Waals surface area (Å²) in [4.78, 5) is 0.285. The zero-order chi connectivity index (χ0) is 13.5. The molecule has 0 N–H and O–H groups in total. The van der Waals surface area contributed by atoms with Crippen molar-refractivity contribution in [1.82, 2.24) is 13.1 Å². The van der Waals surface area contributed by atoms with Gasteiger partial charge in [0.2, 0.25) is 10.0 Å². The van der Waals surface area contributed by atoms with Crippen molar-refractivity contribution in [2.24, 2.45) is 0 Å². The average molecular weight is 297 g/mol. The molecule has 5 nitrogen and oxygen atoms in total. The first-order chi connectivity index (χ1) is 9.10. The molecule has 1 aliphatic rings. The molecule has 0 aliphatic carbocycles. The summed E-state index contributed by atoms with van der Waals surface area (Å²) in [7, 11) is -3.47. The summed E-state index contributed by atoms with van der Waals surface area (Å²) in [6.45, 7) is 2.56. The van der Waals surface area contributed by atoms with Crippen LogP contribution in [-0.2, 0) is 10.0 Å². The highest BCUT2D eigenvalue weighted by Gasteiger charge is 2.32. The maximum atomic E-state index is 12.8. The smallest absolute Gasteiger partial charge is 0.207 e. The summed E-state index contributed by atoms with van der Waals surface area (Å²) in [5.41, 5.74) is 1.14. The number of rotatable bonds is 2. The van der Waals surface area contributed by atoms with Gasteiger partial charge < -0.3 is 0 Å². The van der Waals surface area contributed by atoms with Crippen LogP contribution >= 0.6 is 11.7 Å². The SMILES string of the molecule is CC1CCCCN1S(=O)(=O)c1cccc2nsnc12. The maximum absolute atomic E-state index is 12.8. The minimum absolute atomic E-state index is 0.0561. The Hall–Kier alpha value is -1.05. The Balaban J connectivity index is 2.11. The molecule has 1 aromatic carbocycles. The fourth-order valence-corrected chi connectivity index (χ4v) is 5.00. The van der Waals surface area contributed by atoms with E-state index >= 15 is 0 Å². The highest BCUT2D eigenvalue weighted by molar-refractivity contribution is 7.89. The third-order valence-electron chi connectivity index (χ3n) is 3.58. The van der Waals surface area contributed by atoms with Crippen LogP contribution < -0.4 is 0 Å². The lowest BCUT2D eigenvalue weighted by atomic mass is 10.1. The van der Waals surface area contributed by atoms with E-state index in [2.05, 4.69) is 8.75 Å². The second-order valence-corrected chi connectivity index (χ2v) is 7.24. The third kappa shape index (κ3) is 2.15. The zero-order valence-corrected chi connectivity index (χ0v) is 12.2. The number of fused-ring (bicyclic) bond motifs is 1. The fraction of sp³-hybridized carbons (Fsp3) is 0.500. The van der Waals surface area contributed by atoms with Gasteiger partial charge in [-0.1, -0.05) is 12.5 Å². The van der Waals surface area contributed by atoms with Gasteiger partial charge in [-0.25, -0.2) is 8.42 Å². The highest BCUT2D eigenvalue weighted by Crippen LogP contribution is 2.28. The first-order valence-corrected chi connectivity index (χ1v) is 8.51. The molecule has 1 aliphatic heterocycles. The lowest BCUT2D eigenvalue weighted by Crippen LogP contribution is -2.41. The largest absolute Gasteiger partial charge is 0.245 e. The van der Waals surface area contributed by atoms with Crippen LogP contribution in [0.1, 0.15) is 26.2 Å². The number of sulfonamides is 1. The van der Waals surface area contributed by atoms with Crippen LogP contribution in [0.2, 0.25) is 0 Å². The van der Waals surface area contributed by atoms with Gasteiger partial charge in [-0.2, -0.15) is 13.1 Å². The maximum Gasteiger partial charge on any atom is 0.245 e. The Kier molecular flexibility index (Phi) is 3.28. The number of aromatic nitrogens is 2. The number of hydrogen-bond acceptors (Lipinski definition) is 5. The Morgan fingerprint density at radius 1 is 1.32 bits per heavy atom. The molecule has 1 saturated heterocycles. The molecule has 0 spiro atoms. The molecule has 1 atom stereocenters. The highest BCUT2D eigenvalue weighted by atomic mass is 32.2. The number of nitrogens with zero attached hydrogens (tertiary/aromatic N) is 3. The lowest BCUT2D eigenvalue weighted by Gasteiger charge is -2.32. The fourth-order valence-electron chi connectivity index (χ4n) is 2.54. The van der Waals surface area contributed by atoms with Crippen molar-refractivity contribution in [1.29, 1.82) is 0 Å². The van der Waals surface area contributed by atoms with Crippen LogP contribution in [0.5, 0.6) is 0 Å². The first-order valence-electron chi connectivity index (χ1n) is 6.34. The van der Waals surface area contributed by atoms with E-state index in [1.165, 1.54) is 0 Å². The van der Waals surface area contributed by atoms with Gasteiger partial charge in [0.15, 0.2) is 0 Å². The lowest BCUT2D eigenvalue weighted by molar-refractivity contribution is 0.269. The Morgan fingerprint density at radius 3 is 2.95 bits per heavy atom. The molecule has 2 aromatic rings. The van der Waals surface area contributed by atoms with Crippen LogP contribution in [0.15, 0.2) is 23.1 Å². The normalized spacial score (nSPS) is 21.8. The van der Waals surface area contributed by atoms with Crippen LogP contribution in [0.3, 0.4) is 0 Å².